The maximum absolute atomic E-state index is 5.75. The second kappa shape index (κ2) is 7.22. The van der Waals surface area contributed by atoms with E-state index in [1.54, 1.807) is 6.21 Å². The van der Waals surface area contributed by atoms with Crippen molar-refractivity contribution in [2.75, 3.05) is 19.8 Å². The predicted molar refractivity (Wildman–Crippen MR) is 102 cm³/mol. The lowest BCUT2D eigenvalue weighted by Gasteiger charge is -2.28. The lowest BCUT2D eigenvalue weighted by atomic mass is 10.0. The van der Waals surface area contributed by atoms with Crippen LogP contribution in [0.15, 0.2) is 28.3 Å². The molecule has 3 aliphatic rings. The van der Waals surface area contributed by atoms with Crippen molar-refractivity contribution in [1.29, 1.82) is 0 Å². The van der Waals surface area contributed by atoms with Crippen molar-refractivity contribution in [2.45, 2.75) is 38.9 Å². The Labute approximate surface area is 154 Å². The molecule has 1 aromatic rings. The Hall–Kier alpha value is -2.16. The molecular formula is C21H25N3O2. The van der Waals surface area contributed by atoms with Gasteiger partial charge < -0.3 is 15.3 Å². The Morgan fingerprint density at radius 2 is 2.08 bits per heavy atom. The summed E-state index contributed by atoms with van der Waals surface area (Å²) < 4.78 is 11.5. The van der Waals surface area contributed by atoms with Gasteiger partial charge in [0.15, 0.2) is 6.29 Å². The highest BCUT2D eigenvalue weighted by Gasteiger charge is 2.46. The zero-order valence-corrected chi connectivity index (χ0v) is 15.2. The molecule has 0 amide bonds. The quantitative estimate of drug-likeness (QED) is 0.392. The molecule has 136 valence electrons. The Kier molecular flexibility index (Phi) is 4.80. The van der Waals surface area contributed by atoms with E-state index in [4.69, 9.17) is 15.3 Å². The highest BCUT2D eigenvalue weighted by atomic mass is 16.7. The molecule has 2 aliphatic carbocycles. The summed E-state index contributed by atoms with van der Waals surface area (Å²) >= 11 is 0. The van der Waals surface area contributed by atoms with E-state index in [1.165, 1.54) is 25.7 Å². The summed E-state index contributed by atoms with van der Waals surface area (Å²) in [6.07, 6.45) is 6.34. The third-order valence-electron chi connectivity index (χ3n) is 5.22. The van der Waals surface area contributed by atoms with Gasteiger partial charge in [-0.1, -0.05) is 17.9 Å². The van der Waals surface area contributed by atoms with Gasteiger partial charge in [0.05, 0.1) is 19.8 Å². The third kappa shape index (κ3) is 4.14. The van der Waals surface area contributed by atoms with Gasteiger partial charge >= 0.3 is 0 Å². The van der Waals surface area contributed by atoms with Gasteiger partial charge in [-0.25, -0.2) is 0 Å². The highest BCUT2D eigenvalue weighted by Crippen LogP contribution is 2.48. The summed E-state index contributed by atoms with van der Waals surface area (Å²) in [5.41, 5.74) is 4.05. The van der Waals surface area contributed by atoms with Gasteiger partial charge in [0.2, 0.25) is 0 Å². The van der Waals surface area contributed by atoms with Crippen molar-refractivity contribution < 1.29 is 9.47 Å². The number of nitrogens with two attached hydrogens (primary N) is 1. The minimum Gasteiger partial charge on any atom is -0.350 e. The van der Waals surface area contributed by atoms with E-state index < -0.39 is 0 Å². The SMILES string of the molecule is Cc1cc(C#CC2CC2)ccc1/C(C=NCC1OCC2(CC2)CO1)=N/N. The maximum atomic E-state index is 5.75. The first kappa shape index (κ1) is 17.3. The molecule has 2 N–H and O–H groups in total. The van der Waals surface area contributed by atoms with E-state index in [9.17, 15) is 0 Å². The van der Waals surface area contributed by atoms with Crippen molar-refractivity contribution in [1.82, 2.24) is 0 Å². The van der Waals surface area contributed by atoms with Gasteiger partial charge in [0.1, 0.15) is 5.71 Å². The van der Waals surface area contributed by atoms with Crippen LogP contribution in [0, 0.1) is 30.1 Å². The van der Waals surface area contributed by atoms with Crippen LogP contribution in [0.5, 0.6) is 0 Å². The fraction of sp³-hybridized carbons (Fsp3) is 0.524. The molecule has 1 aromatic carbocycles. The number of hydrogen-bond donors (Lipinski definition) is 1. The molecule has 4 rings (SSSR count). The second-order valence-electron chi connectivity index (χ2n) is 7.63. The highest BCUT2D eigenvalue weighted by molar-refractivity contribution is 6.38. The number of benzene rings is 1. The number of aryl methyl sites for hydroxylation is 1. The van der Waals surface area contributed by atoms with Crippen LogP contribution < -0.4 is 5.84 Å². The minimum absolute atomic E-state index is 0.266. The monoisotopic (exact) mass is 351 g/mol. The van der Waals surface area contributed by atoms with Gasteiger partial charge in [-0.3, -0.25) is 4.99 Å². The first-order valence-electron chi connectivity index (χ1n) is 9.31. The van der Waals surface area contributed by atoms with Crippen molar-refractivity contribution in [2.24, 2.45) is 27.3 Å². The molecule has 1 saturated heterocycles. The molecule has 1 aliphatic heterocycles. The van der Waals surface area contributed by atoms with E-state index in [2.05, 4.69) is 28.0 Å². The zero-order chi connectivity index (χ0) is 18.0. The van der Waals surface area contributed by atoms with Gasteiger partial charge in [0.25, 0.3) is 0 Å². The molecule has 0 radical (unpaired) electrons. The van der Waals surface area contributed by atoms with Crippen LogP contribution in [0.4, 0.5) is 0 Å². The van der Waals surface area contributed by atoms with Crippen LogP contribution in [0.1, 0.15) is 42.4 Å². The Morgan fingerprint density at radius 1 is 1.31 bits per heavy atom. The number of hydrazone groups is 1. The van der Waals surface area contributed by atoms with Crippen LogP contribution in [-0.2, 0) is 9.47 Å². The van der Waals surface area contributed by atoms with Gasteiger partial charge in [-0.05, 0) is 50.3 Å². The minimum atomic E-state index is -0.266. The lowest BCUT2D eigenvalue weighted by molar-refractivity contribution is -0.201. The molecule has 0 aromatic heterocycles. The first-order chi connectivity index (χ1) is 12.7. The standard InChI is InChI=1S/C21H25N3O2/c1-15-10-17(5-4-16-2-3-16)6-7-18(15)19(24-22)11-23-12-20-25-13-21(8-9-21)14-26-20/h6-7,10-11,16,20H,2-3,8-9,12-14,22H2,1H3/b23-11?,24-19+. The average molecular weight is 351 g/mol. The van der Waals surface area contributed by atoms with Crippen LogP contribution in [0.25, 0.3) is 0 Å². The molecule has 3 fully saturated rings. The van der Waals surface area contributed by atoms with Crippen molar-refractivity contribution in [3.8, 4) is 11.8 Å². The summed E-state index contributed by atoms with van der Waals surface area (Å²) in [7, 11) is 0. The molecule has 5 nitrogen and oxygen atoms in total. The normalized spacial score (nSPS) is 22.4. The largest absolute Gasteiger partial charge is 0.350 e. The van der Waals surface area contributed by atoms with E-state index in [0.29, 0.717) is 23.6 Å². The summed E-state index contributed by atoms with van der Waals surface area (Å²) in [6.45, 7) is 4.07. The summed E-state index contributed by atoms with van der Waals surface area (Å²) in [4.78, 5) is 4.43. The predicted octanol–water partition coefficient (Wildman–Crippen LogP) is 2.64. The van der Waals surface area contributed by atoms with Crippen molar-refractivity contribution >= 4 is 11.9 Å². The molecule has 0 bridgehead atoms. The van der Waals surface area contributed by atoms with Crippen LogP contribution in [-0.4, -0.2) is 38.0 Å². The van der Waals surface area contributed by atoms with Crippen LogP contribution in [0.2, 0.25) is 0 Å². The Balaban J connectivity index is 1.36. The van der Waals surface area contributed by atoms with Gasteiger partial charge in [-0.15, -0.1) is 0 Å². The Bertz CT molecular complexity index is 785. The van der Waals surface area contributed by atoms with Crippen molar-refractivity contribution in [3.63, 3.8) is 0 Å². The number of hydrogen-bond acceptors (Lipinski definition) is 5. The lowest BCUT2D eigenvalue weighted by Crippen LogP contribution is -2.35. The fourth-order valence-corrected chi connectivity index (χ4v) is 3.04. The molecule has 1 spiro atoms. The summed E-state index contributed by atoms with van der Waals surface area (Å²) in [6, 6.07) is 6.10. The Morgan fingerprint density at radius 3 is 2.69 bits per heavy atom. The smallest absolute Gasteiger partial charge is 0.176 e. The van der Waals surface area contributed by atoms with Crippen molar-refractivity contribution in [3.05, 3.63) is 34.9 Å². The van der Waals surface area contributed by atoms with Crippen LogP contribution in [0.3, 0.4) is 0 Å². The summed E-state index contributed by atoms with van der Waals surface area (Å²) in [5.74, 6) is 12.7. The molecule has 26 heavy (non-hydrogen) atoms. The van der Waals surface area contributed by atoms with E-state index in [-0.39, 0.29) is 6.29 Å². The number of nitrogens with zero attached hydrogens (tertiary/aromatic N) is 2. The number of ether oxygens (including phenoxy) is 2. The number of rotatable bonds is 4. The maximum Gasteiger partial charge on any atom is 0.176 e. The first-order valence-corrected chi connectivity index (χ1v) is 9.31. The van der Waals surface area contributed by atoms with Crippen LogP contribution >= 0.6 is 0 Å². The molecular weight excluding hydrogens is 326 g/mol. The average Bonchev–Trinajstić information content (AvgIpc) is 3.57. The summed E-state index contributed by atoms with van der Waals surface area (Å²) in [5, 5.41) is 3.90. The molecule has 1 heterocycles. The molecule has 0 unspecified atom stereocenters. The fourth-order valence-electron chi connectivity index (χ4n) is 3.04. The zero-order valence-electron chi connectivity index (χ0n) is 15.2. The van der Waals surface area contributed by atoms with Gasteiger partial charge in [0, 0.05) is 28.7 Å². The van der Waals surface area contributed by atoms with E-state index in [0.717, 1.165) is 29.9 Å². The van der Waals surface area contributed by atoms with Gasteiger partial charge in [-0.2, -0.15) is 5.10 Å². The molecule has 0 atom stereocenters. The third-order valence-corrected chi connectivity index (χ3v) is 5.22. The van der Waals surface area contributed by atoms with E-state index >= 15 is 0 Å². The second-order valence-corrected chi connectivity index (χ2v) is 7.63. The topological polar surface area (TPSA) is 69.2 Å². The molecule has 2 saturated carbocycles. The van der Waals surface area contributed by atoms with E-state index in [1.807, 2.05) is 19.1 Å². The number of aliphatic imine (C=N–C) groups is 1. The molecule has 5 heteroatoms.